The van der Waals surface area contributed by atoms with E-state index in [2.05, 4.69) is 28.2 Å². The quantitative estimate of drug-likeness (QED) is 0.845. The number of nitrogens with one attached hydrogen (secondary N) is 1. The molecule has 0 aliphatic rings. The van der Waals surface area contributed by atoms with Crippen LogP contribution >= 0.6 is 15.9 Å². The lowest BCUT2D eigenvalue weighted by Gasteiger charge is -2.15. The van der Waals surface area contributed by atoms with E-state index in [1.54, 1.807) is 7.11 Å². The zero-order valence-electron chi connectivity index (χ0n) is 9.66. The summed E-state index contributed by atoms with van der Waals surface area (Å²) in [6.07, 6.45) is 1.77. The van der Waals surface area contributed by atoms with E-state index in [9.17, 15) is 0 Å². The van der Waals surface area contributed by atoms with Gasteiger partial charge in [-0.25, -0.2) is 0 Å². The molecule has 1 rings (SSSR count). The molecule has 1 aromatic rings. The minimum absolute atomic E-state index is 0.246. The van der Waals surface area contributed by atoms with Gasteiger partial charge in [0, 0.05) is 24.4 Å². The van der Waals surface area contributed by atoms with Crippen molar-refractivity contribution < 1.29 is 9.84 Å². The molecule has 0 heterocycles. The highest BCUT2D eigenvalue weighted by atomic mass is 79.9. The summed E-state index contributed by atoms with van der Waals surface area (Å²) >= 11 is 3.41. The van der Waals surface area contributed by atoms with Gasteiger partial charge in [0.15, 0.2) is 0 Å². The SMILES string of the molecule is COc1cc(NC(C)CCCO)ccc1Br. The number of hydrogen-bond donors (Lipinski definition) is 2. The summed E-state index contributed by atoms with van der Waals surface area (Å²) in [6.45, 7) is 2.35. The minimum atomic E-state index is 0.246. The van der Waals surface area contributed by atoms with Gasteiger partial charge in [0.2, 0.25) is 0 Å². The Balaban J connectivity index is 2.59. The van der Waals surface area contributed by atoms with E-state index in [4.69, 9.17) is 9.84 Å². The molecule has 0 bridgehead atoms. The van der Waals surface area contributed by atoms with Crippen LogP contribution in [0.1, 0.15) is 19.8 Å². The Morgan fingerprint density at radius 3 is 2.88 bits per heavy atom. The number of hydrogen-bond acceptors (Lipinski definition) is 3. The summed E-state index contributed by atoms with van der Waals surface area (Å²) in [5, 5.41) is 12.1. The largest absolute Gasteiger partial charge is 0.495 e. The first-order chi connectivity index (χ1) is 7.67. The van der Waals surface area contributed by atoms with Crippen LogP contribution < -0.4 is 10.1 Å². The molecule has 1 unspecified atom stereocenters. The Kier molecular flexibility index (Phi) is 5.63. The highest BCUT2D eigenvalue weighted by molar-refractivity contribution is 9.10. The molecule has 0 radical (unpaired) electrons. The molecule has 90 valence electrons. The summed E-state index contributed by atoms with van der Waals surface area (Å²) in [6, 6.07) is 6.26. The van der Waals surface area contributed by atoms with E-state index in [0.29, 0.717) is 6.04 Å². The monoisotopic (exact) mass is 287 g/mol. The fourth-order valence-corrected chi connectivity index (χ4v) is 1.91. The molecule has 0 aliphatic heterocycles. The molecule has 0 fully saturated rings. The number of ether oxygens (including phenoxy) is 1. The van der Waals surface area contributed by atoms with E-state index < -0.39 is 0 Å². The molecule has 0 aliphatic carbocycles. The maximum Gasteiger partial charge on any atom is 0.135 e. The van der Waals surface area contributed by atoms with Gasteiger partial charge in [-0.1, -0.05) is 0 Å². The van der Waals surface area contributed by atoms with Crippen LogP contribution in [0.3, 0.4) is 0 Å². The number of benzene rings is 1. The van der Waals surface area contributed by atoms with Crippen molar-refractivity contribution in [3.05, 3.63) is 22.7 Å². The first kappa shape index (κ1) is 13.3. The van der Waals surface area contributed by atoms with Crippen molar-refractivity contribution in [2.24, 2.45) is 0 Å². The van der Waals surface area contributed by atoms with Gasteiger partial charge in [-0.05, 0) is 47.8 Å². The fraction of sp³-hybridized carbons (Fsp3) is 0.500. The van der Waals surface area contributed by atoms with Gasteiger partial charge >= 0.3 is 0 Å². The lowest BCUT2D eigenvalue weighted by Crippen LogP contribution is -2.15. The second kappa shape index (κ2) is 6.76. The first-order valence-electron chi connectivity index (χ1n) is 5.38. The molecule has 3 nitrogen and oxygen atoms in total. The highest BCUT2D eigenvalue weighted by Crippen LogP contribution is 2.28. The highest BCUT2D eigenvalue weighted by Gasteiger charge is 2.04. The van der Waals surface area contributed by atoms with Crippen molar-refractivity contribution in [1.29, 1.82) is 0 Å². The molecule has 1 atom stereocenters. The van der Waals surface area contributed by atoms with Crippen molar-refractivity contribution in [2.45, 2.75) is 25.8 Å². The van der Waals surface area contributed by atoms with Crippen LogP contribution in [0.5, 0.6) is 5.75 Å². The van der Waals surface area contributed by atoms with Crippen LogP contribution in [0.4, 0.5) is 5.69 Å². The van der Waals surface area contributed by atoms with Crippen molar-refractivity contribution in [3.8, 4) is 5.75 Å². The molecule has 4 heteroatoms. The number of aliphatic hydroxyl groups is 1. The summed E-state index contributed by atoms with van der Waals surface area (Å²) in [5.41, 5.74) is 1.03. The van der Waals surface area contributed by atoms with Crippen LogP contribution in [0, 0.1) is 0 Å². The van der Waals surface area contributed by atoms with Gasteiger partial charge in [0.25, 0.3) is 0 Å². The predicted molar refractivity (Wildman–Crippen MR) is 70.1 cm³/mol. The molecule has 0 spiro atoms. The summed E-state index contributed by atoms with van der Waals surface area (Å²) < 4.78 is 6.17. The van der Waals surface area contributed by atoms with Crippen molar-refractivity contribution >= 4 is 21.6 Å². The first-order valence-corrected chi connectivity index (χ1v) is 6.17. The normalized spacial score (nSPS) is 12.2. The Bertz CT molecular complexity index is 331. The summed E-state index contributed by atoms with van der Waals surface area (Å²) in [4.78, 5) is 0. The number of anilines is 1. The molecule has 2 N–H and O–H groups in total. The third-order valence-corrected chi connectivity index (χ3v) is 3.01. The Morgan fingerprint density at radius 1 is 1.50 bits per heavy atom. The van der Waals surface area contributed by atoms with E-state index in [1.165, 1.54) is 0 Å². The van der Waals surface area contributed by atoms with Crippen LogP contribution in [0.2, 0.25) is 0 Å². The number of methoxy groups -OCH3 is 1. The molecule has 0 saturated carbocycles. The summed E-state index contributed by atoms with van der Waals surface area (Å²) in [7, 11) is 1.65. The average molecular weight is 288 g/mol. The van der Waals surface area contributed by atoms with Gasteiger partial charge in [0.05, 0.1) is 11.6 Å². The van der Waals surface area contributed by atoms with E-state index in [-0.39, 0.29) is 6.61 Å². The number of halogens is 1. The van der Waals surface area contributed by atoms with Crippen LogP contribution in [0.25, 0.3) is 0 Å². The van der Waals surface area contributed by atoms with Crippen LogP contribution in [-0.4, -0.2) is 24.9 Å². The van der Waals surface area contributed by atoms with Crippen LogP contribution in [-0.2, 0) is 0 Å². The minimum Gasteiger partial charge on any atom is -0.495 e. The maximum atomic E-state index is 8.75. The van der Waals surface area contributed by atoms with Crippen molar-refractivity contribution in [2.75, 3.05) is 19.0 Å². The van der Waals surface area contributed by atoms with Gasteiger partial charge in [-0.2, -0.15) is 0 Å². The van der Waals surface area contributed by atoms with E-state index in [0.717, 1.165) is 28.8 Å². The van der Waals surface area contributed by atoms with Crippen molar-refractivity contribution in [1.82, 2.24) is 0 Å². The van der Waals surface area contributed by atoms with Gasteiger partial charge in [-0.15, -0.1) is 0 Å². The zero-order valence-corrected chi connectivity index (χ0v) is 11.3. The topological polar surface area (TPSA) is 41.5 Å². The standard InChI is InChI=1S/C12H18BrNO2/c1-9(4-3-7-15)14-10-5-6-11(13)12(8-10)16-2/h5-6,8-9,14-15H,3-4,7H2,1-2H3. The molecular formula is C12H18BrNO2. The van der Waals surface area contributed by atoms with Crippen LogP contribution in [0.15, 0.2) is 22.7 Å². The second-order valence-electron chi connectivity index (χ2n) is 3.76. The lowest BCUT2D eigenvalue weighted by atomic mass is 10.2. The molecule has 0 aromatic heterocycles. The zero-order chi connectivity index (χ0) is 12.0. The van der Waals surface area contributed by atoms with Gasteiger partial charge in [0.1, 0.15) is 5.75 Å². The number of aliphatic hydroxyl groups excluding tert-OH is 1. The lowest BCUT2D eigenvalue weighted by molar-refractivity contribution is 0.282. The fourth-order valence-electron chi connectivity index (χ4n) is 1.50. The molecule has 1 aromatic carbocycles. The molecule has 0 amide bonds. The molecular weight excluding hydrogens is 270 g/mol. The maximum absolute atomic E-state index is 8.75. The third kappa shape index (κ3) is 4.02. The average Bonchev–Trinajstić information content (AvgIpc) is 2.29. The number of rotatable bonds is 6. The summed E-state index contributed by atoms with van der Waals surface area (Å²) in [5.74, 6) is 0.819. The molecule has 0 saturated heterocycles. The Morgan fingerprint density at radius 2 is 2.25 bits per heavy atom. The van der Waals surface area contributed by atoms with E-state index in [1.807, 2.05) is 18.2 Å². The predicted octanol–water partition coefficient (Wildman–Crippen LogP) is 3.03. The smallest absolute Gasteiger partial charge is 0.135 e. The van der Waals surface area contributed by atoms with E-state index >= 15 is 0 Å². The van der Waals surface area contributed by atoms with Crippen molar-refractivity contribution in [3.63, 3.8) is 0 Å². The Hall–Kier alpha value is -0.740. The molecule has 16 heavy (non-hydrogen) atoms. The van der Waals surface area contributed by atoms with Gasteiger partial charge in [-0.3, -0.25) is 0 Å². The Labute approximate surface area is 105 Å². The third-order valence-electron chi connectivity index (χ3n) is 2.36. The second-order valence-corrected chi connectivity index (χ2v) is 4.61. The van der Waals surface area contributed by atoms with Gasteiger partial charge < -0.3 is 15.2 Å².